The number of thiocarbonyl (C=S) groups is 2. The molecule has 1 atom stereocenters. The van der Waals surface area contributed by atoms with E-state index in [2.05, 4.69) is 24.4 Å². The zero-order valence-electron chi connectivity index (χ0n) is 6.33. The van der Waals surface area contributed by atoms with Crippen molar-refractivity contribution in [1.82, 2.24) is 0 Å². The maximum atomic E-state index is 8.96. The van der Waals surface area contributed by atoms with Crippen LogP contribution in [0, 0.1) is 0 Å². The molecule has 3 nitrogen and oxygen atoms in total. The van der Waals surface area contributed by atoms with Crippen LogP contribution in [0.2, 0.25) is 0 Å². The zero-order chi connectivity index (χ0) is 9.07. The molecule has 0 saturated carbocycles. The van der Waals surface area contributed by atoms with E-state index in [9.17, 15) is 0 Å². The van der Waals surface area contributed by atoms with Gasteiger partial charge >= 0.3 is 0 Å². The summed E-state index contributed by atoms with van der Waals surface area (Å²) < 4.78 is 4.87. The van der Waals surface area contributed by atoms with Gasteiger partial charge < -0.3 is 14.9 Å². The Morgan fingerprint density at radius 2 is 1.91 bits per heavy atom. The summed E-state index contributed by atoms with van der Waals surface area (Å²) in [6.45, 7) is 1.55. The van der Waals surface area contributed by atoms with E-state index in [1.807, 2.05) is 0 Å². The van der Waals surface area contributed by atoms with Gasteiger partial charge in [-0.05, 0) is 31.4 Å². The SMILES string of the molecule is COC(C)(CC(O)=S)C(O)=S. The second-order valence-corrected chi connectivity index (χ2v) is 3.17. The molecular formula is C6H10O3S2. The number of methoxy groups -OCH3 is 1. The number of ether oxygens (including phenoxy) is 1. The Labute approximate surface area is 76.0 Å². The van der Waals surface area contributed by atoms with Crippen LogP contribution < -0.4 is 0 Å². The first-order chi connectivity index (χ1) is 4.92. The summed E-state index contributed by atoms with van der Waals surface area (Å²) in [5.41, 5.74) is -1.04. The number of aliphatic hydroxyl groups excluding tert-OH is 2. The summed E-state index contributed by atoms with van der Waals surface area (Å²) in [4.78, 5) is 0. The Bertz CT molecular complexity index is 181. The van der Waals surface area contributed by atoms with Gasteiger partial charge in [-0.1, -0.05) is 0 Å². The topological polar surface area (TPSA) is 49.7 Å². The zero-order valence-corrected chi connectivity index (χ0v) is 7.96. The molecule has 1 unspecified atom stereocenters. The smallest absolute Gasteiger partial charge is 0.189 e. The van der Waals surface area contributed by atoms with E-state index >= 15 is 0 Å². The molecule has 11 heavy (non-hydrogen) atoms. The van der Waals surface area contributed by atoms with Crippen LogP contribution in [0.5, 0.6) is 0 Å². The second kappa shape index (κ2) is 3.94. The van der Waals surface area contributed by atoms with Crippen LogP contribution in [0.4, 0.5) is 0 Å². The Morgan fingerprint density at radius 3 is 2.00 bits per heavy atom. The minimum atomic E-state index is -1.04. The van der Waals surface area contributed by atoms with E-state index in [1.165, 1.54) is 7.11 Å². The lowest BCUT2D eigenvalue weighted by Crippen LogP contribution is -2.38. The molecule has 0 aromatic carbocycles. The largest absolute Gasteiger partial charge is 0.502 e. The highest BCUT2D eigenvalue weighted by atomic mass is 32.1. The van der Waals surface area contributed by atoms with Crippen molar-refractivity contribution < 1.29 is 14.9 Å². The van der Waals surface area contributed by atoms with Crippen molar-refractivity contribution in [3.05, 3.63) is 0 Å². The number of rotatable bonds is 4. The van der Waals surface area contributed by atoms with E-state index in [-0.39, 0.29) is 16.5 Å². The molecule has 64 valence electrons. The summed E-state index contributed by atoms with van der Waals surface area (Å²) >= 11 is 8.94. The standard InChI is InChI=1S/C6H10O3S2/c1-6(9-2,5(8)11)3-4(7)10/h3H2,1-2H3,(H,7,10)(H,8,11). The van der Waals surface area contributed by atoms with E-state index in [0.717, 1.165) is 0 Å². The number of aliphatic hydroxyl groups is 2. The third kappa shape index (κ3) is 3.09. The predicted octanol–water partition coefficient (Wildman–Crippen LogP) is 1.55. The first-order valence-corrected chi connectivity index (χ1v) is 3.74. The van der Waals surface area contributed by atoms with Crippen LogP contribution in [0.1, 0.15) is 13.3 Å². The quantitative estimate of drug-likeness (QED) is 0.665. The van der Waals surface area contributed by atoms with E-state index in [4.69, 9.17) is 14.9 Å². The minimum absolute atomic E-state index is 0.0359. The van der Waals surface area contributed by atoms with Crippen molar-refractivity contribution in [1.29, 1.82) is 0 Å². The summed E-state index contributed by atoms with van der Waals surface area (Å²) in [5.74, 6) is 0. The molecule has 2 N–H and O–H groups in total. The van der Waals surface area contributed by atoms with Crippen molar-refractivity contribution >= 4 is 34.5 Å². The average molecular weight is 194 g/mol. The van der Waals surface area contributed by atoms with Crippen LogP contribution in [-0.2, 0) is 4.74 Å². The van der Waals surface area contributed by atoms with Crippen LogP contribution in [0.25, 0.3) is 0 Å². The molecule has 0 aromatic heterocycles. The Kier molecular flexibility index (Phi) is 3.85. The van der Waals surface area contributed by atoms with Gasteiger partial charge in [0.25, 0.3) is 0 Å². The third-order valence-corrected chi connectivity index (χ3v) is 1.97. The van der Waals surface area contributed by atoms with Crippen LogP contribution in [0.3, 0.4) is 0 Å². The maximum Gasteiger partial charge on any atom is 0.189 e. The summed E-state index contributed by atoms with van der Waals surface area (Å²) in [7, 11) is 1.39. The molecule has 0 aromatic rings. The fourth-order valence-corrected chi connectivity index (χ4v) is 0.955. The molecule has 0 bridgehead atoms. The molecule has 0 amide bonds. The second-order valence-electron chi connectivity index (χ2n) is 2.31. The summed E-state index contributed by atoms with van der Waals surface area (Å²) in [6, 6.07) is 0. The lowest BCUT2D eigenvalue weighted by molar-refractivity contribution is 0.0584. The average Bonchev–Trinajstić information content (AvgIpc) is 1.86. The van der Waals surface area contributed by atoms with Crippen molar-refractivity contribution in [2.24, 2.45) is 0 Å². The van der Waals surface area contributed by atoms with Crippen LogP contribution >= 0.6 is 24.4 Å². The lowest BCUT2D eigenvalue weighted by atomic mass is 10.0. The maximum absolute atomic E-state index is 8.96. The number of hydrogen-bond acceptors (Lipinski definition) is 3. The highest BCUT2D eigenvalue weighted by Gasteiger charge is 2.30. The molecule has 0 heterocycles. The Morgan fingerprint density at radius 1 is 1.45 bits per heavy atom. The summed E-state index contributed by atoms with van der Waals surface area (Å²) in [5, 5.41) is 17.2. The molecule has 0 rings (SSSR count). The van der Waals surface area contributed by atoms with Crippen LogP contribution in [0.15, 0.2) is 0 Å². The highest BCUT2D eigenvalue weighted by molar-refractivity contribution is 7.80. The molecule has 0 saturated heterocycles. The molecule has 0 fully saturated rings. The molecule has 0 aliphatic rings. The van der Waals surface area contributed by atoms with Gasteiger partial charge in [0.1, 0.15) is 5.60 Å². The van der Waals surface area contributed by atoms with Gasteiger partial charge in [-0.2, -0.15) is 0 Å². The van der Waals surface area contributed by atoms with Gasteiger partial charge in [-0.3, -0.25) is 0 Å². The van der Waals surface area contributed by atoms with E-state index in [1.54, 1.807) is 6.92 Å². The monoisotopic (exact) mass is 194 g/mol. The molecule has 5 heteroatoms. The third-order valence-electron chi connectivity index (χ3n) is 1.39. The summed E-state index contributed by atoms with van der Waals surface area (Å²) in [6.07, 6.45) is 0.0359. The van der Waals surface area contributed by atoms with Gasteiger partial charge in [-0.15, -0.1) is 0 Å². The molecule has 0 spiro atoms. The molecule has 0 radical (unpaired) electrons. The van der Waals surface area contributed by atoms with Gasteiger partial charge in [-0.25, -0.2) is 0 Å². The number of hydrogen-bond donors (Lipinski definition) is 2. The van der Waals surface area contributed by atoms with Gasteiger partial charge in [0.2, 0.25) is 0 Å². The fraction of sp³-hybridized carbons (Fsp3) is 0.667. The van der Waals surface area contributed by atoms with Crippen molar-refractivity contribution in [2.45, 2.75) is 18.9 Å². The Balaban J connectivity index is 4.34. The normalized spacial score (nSPS) is 15.5. The molecule has 0 aliphatic heterocycles. The minimum Gasteiger partial charge on any atom is -0.502 e. The van der Waals surface area contributed by atoms with Crippen molar-refractivity contribution in [3.63, 3.8) is 0 Å². The van der Waals surface area contributed by atoms with Crippen molar-refractivity contribution in [3.8, 4) is 0 Å². The van der Waals surface area contributed by atoms with Crippen LogP contribution in [-0.4, -0.2) is 33.0 Å². The van der Waals surface area contributed by atoms with Crippen molar-refractivity contribution in [2.75, 3.05) is 7.11 Å². The van der Waals surface area contributed by atoms with E-state index in [0.29, 0.717) is 0 Å². The fourth-order valence-electron chi connectivity index (χ4n) is 0.524. The highest BCUT2D eigenvalue weighted by Crippen LogP contribution is 2.16. The molecule has 0 aliphatic carbocycles. The lowest BCUT2D eigenvalue weighted by Gasteiger charge is -2.23. The predicted molar refractivity (Wildman–Crippen MR) is 50.5 cm³/mol. The molecular weight excluding hydrogens is 184 g/mol. The van der Waals surface area contributed by atoms with E-state index < -0.39 is 5.60 Å². The first kappa shape index (κ1) is 10.7. The first-order valence-electron chi connectivity index (χ1n) is 2.92. The van der Waals surface area contributed by atoms with Gasteiger partial charge in [0.05, 0.1) is 6.42 Å². The Hall–Kier alpha value is -0.260. The van der Waals surface area contributed by atoms with Gasteiger partial charge in [0.15, 0.2) is 10.1 Å². The van der Waals surface area contributed by atoms with Gasteiger partial charge in [0, 0.05) is 7.11 Å².